The van der Waals surface area contributed by atoms with E-state index in [1.54, 1.807) is 18.7 Å². The Balaban J connectivity index is 2.12. The predicted molar refractivity (Wildman–Crippen MR) is 58.4 cm³/mol. The van der Waals surface area contributed by atoms with Crippen LogP contribution in [0.2, 0.25) is 0 Å². The highest BCUT2D eigenvalue weighted by atomic mass is 32.2. The number of rotatable bonds is 4. The quantitative estimate of drug-likeness (QED) is 0.798. The second kappa shape index (κ2) is 4.95. The first kappa shape index (κ1) is 10.2. The van der Waals surface area contributed by atoms with E-state index < -0.39 is 0 Å². The van der Waals surface area contributed by atoms with Gasteiger partial charge in [0.1, 0.15) is 6.26 Å². The van der Waals surface area contributed by atoms with E-state index in [-0.39, 0.29) is 5.25 Å². The highest BCUT2D eigenvalue weighted by Crippen LogP contribution is 2.31. The van der Waals surface area contributed by atoms with Crippen LogP contribution in [0.4, 0.5) is 0 Å². The van der Waals surface area contributed by atoms with Gasteiger partial charge in [0.15, 0.2) is 0 Å². The third-order valence-corrected chi connectivity index (χ3v) is 3.01. The zero-order chi connectivity index (χ0) is 10.5. The fourth-order valence-corrected chi connectivity index (χ4v) is 2.02. The van der Waals surface area contributed by atoms with Crippen molar-refractivity contribution in [3.05, 3.63) is 42.5 Å². The Morgan fingerprint density at radius 2 is 2.27 bits per heavy atom. The topological polar surface area (TPSA) is 64.9 Å². The second-order valence-electron chi connectivity index (χ2n) is 2.89. The number of nitrogens with two attached hydrogens (primary N) is 1. The Labute approximate surface area is 91.9 Å². The zero-order valence-electron chi connectivity index (χ0n) is 8.04. The third kappa shape index (κ3) is 2.57. The lowest BCUT2D eigenvalue weighted by molar-refractivity contribution is 0.453. The van der Waals surface area contributed by atoms with E-state index in [0.29, 0.717) is 11.8 Å². The van der Waals surface area contributed by atoms with E-state index >= 15 is 0 Å². The van der Waals surface area contributed by atoms with E-state index in [0.717, 1.165) is 5.69 Å². The van der Waals surface area contributed by atoms with Crippen molar-refractivity contribution in [2.75, 3.05) is 6.54 Å². The van der Waals surface area contributed by atoms with E-state index in [2.05, 4.69) is 9.97 Å². The van der Waals surface area contributed by atoms with Gasteiger partial charge in [-0.1, -0.05) is 17.8 Å². The maximum absolute atomic E-state index is 5.69. The van der Waals surface area contributed by atoms with E-state index in [9.17, 15) is 0 Å². The molecule has 15 heavy (non-hydrogen) atoms. The molecule has 0 aromatic carbocycles. The summed E-state index contributed by atoms with van der Waals surface area (Å²) in [6.45, 7) is 0.504. The average molecular weight is 221 g/mol. The molecule has 0 aliphatic heterocycles. The molecule has 0 spiro atoms. The molecule has 2 N–H and O–H groups in total. The highest BCUT2D eigenvalue weighted by Gasteiger charge is 2.14. The molecule has 2 aromatic heterocycles. The second-order valence-corrected chi connectivity index (χ2v) is 4.05. The molecule has 78 valence electrons. The van der Waals surface area contributed by atoms with Crippen LogP contribution in [0.1, 0.15) is 10.9 Å². The minimum Gasteiger partial charge on any atom is -0.440 e. The largest absolute Gasteiger partial charge is 0.440 e. The van der Waals surface area contributed by atoms with E-state index in [1.165, 1.54) is 11.8 Å². The van der Waals surface area contributed by atoms with Crippen LogP contribution >= 0.6 is 11.8 Å². The maximum Gasteiger partial charge on any atom is 0.256 e. The SMILES string of the molecule is NCC(Sc1ncco1)c1ccccn1. The van der Waals surface area contributed by atoms with Crippen LogP contribution in [0, 0.1) is 0 Å². The van der Waals surface area contributed by atoms with Crippen molar-refractivity contribution >= 4 is 11.8 Å². The molecule has 0 bridgehead atoms. The van der Waals surface area contributed by atoms with Crippen molar-refractivity contribution in [2.45, 2.75) is 10.5 Å². The Bertz CT molecular complexity index is 390. The van der Waals surface area contributed by atoms with Crippen molar-refractivity contribution in [3.8, 4) is 0 Å². The minimum absolute atomic E-state index is 0.0878. The summed E-state index contributed by atoms with van der Waals surface area (Å²) < 4.78 is 5.16. The molecule has 5 heteroatoms. The smallest absolute Gasteiger partial charge is 0.256 e. The Morgan fingerprint density at radius 1 is 1.33 bits per heavy atom. The van der Waals surface area contributed by atoms with Crippen molar-refractivity contribution in [1.82, 2.24) is 9.97 Å². The molecular weight excluding hydrogens is 210 g/mol. The van der Waals surface area contributed by atoms with Gasteiger partial charge in [0.25, 0.3) is 5.22 Å². The van der Waals surface area contributed by atoms with Crippen molar-refractivity contribution < 1.29 is 4.42 Å². The standard InChI is InChI=1S/C10H11N3OS/c11-7-9(8-3-1-2-4-12-8)15-10-13-5-6-14-10/h1-6,9H,7,11H2. The van der Waals surface area contributed by atoms with Crippen molar-refractivity contribution in [2.24, 2.45) is 5.73 Å². The van der Waals surface area contributed by atoms with Gasteiger partial charge < -0.3 is 10.2 Å². The van der Waals surface area contributed by atoms with Gasteiger partial charge in [-0.3, -0.25) is 4.98 Å². The third-order valence-electron chi connectivity index (χ3n) is 1.88. The average Bonchev–Trinajstić information content (AvgIpc) is 2.80. The Morgan fingerprint density at radius 3 is 2.87 bits per heavy atom. The molecule has 0 radical (unpaired) electrons. The normalized spacial score (nSPS) is 12.6. The van der Waals surface area contributed by atoms with Crippen LogP contribution in [-0.4, -0.2) is 16.5 Å². The molecule has 0 aliphatic rings. The molecule has 2 rings (SSSR count). The fraction of sp³-hybridized carbons (Fsp3) is 0.200. The lowest BCUT2D eigenvalue weighted by atomic mass is 10.3. The van der Waals surface area contributed by atoms with Gasteiger partial charge in [0.05, 0.1) is 17.1 Å². The number of aromatic nitrogens is 2. The first-order valence-corrected chi connectivity index (χ1v) is 5.45. The van der Waals surface area contributed by atoms with E-state index in [4.69, 9.17) is 10.2 Å². The monoisotopic (exact) mass is 221 g/mol. The summed E-state index contributed by atoms with van der Waals surface area (Å²) in [4.78, 5) is 8.30. The van der Waals surface area contributed by atoms with Crippen LogP contribution < -0.4 is 5.73 Å². The van der Waals surface area contributed by atoms with Crippen molar-refractivity contribution in [3.63, 3.8) is 0 Å². The zero-order valence-corrected chi connectivity index (χ0v) is 8.85. The summed E-state index contributed by atoms with van der Waals surface area (Å²) in [5.74, 6) is 0. The number of thioether (sulfide) groups is 1. The minimum atomic E-state index is 0.0878. The molecule has 0 saturated carbocycles. The van der Waals surface area contributed by atoms with E-state index in [1.807, 2.05) is 18.2 Å². The molecule has 0 amide bonds. The highest BCUT2D eigenvalue weighted by molar-refractivity contribution is 7.99. The van der Waals surface area contributed by atoms with Crippen LogP contribution in [0.25, 0.3) is 0 Å². The summed E-state index contributed by atoms with van der Waals surface area (Å²) in [7, 11) is 0. The van der Waals surface area contributed by atoms with Crippen LogP contribution in [0.15, 0.2) is 46.5 Å². The molecule has 4 nitrogen and oxygen atoms in total. The van der Waals surface area contributed by atoms with Crippen LogP contribution in [-0.2, 0) is 0 Å². The van der Waals surface area contributed by atoms with Crippen molar-refractivity contribution in [1.29, 1.82) is 0 Å². The summed E-state index contributed by atoms with van der Waals surface area (Å²) >= 11 is 1.48. The Hall–Kier alpha value is -1.33. The summed E-state index contributed by atoms with van der Waals surface area (Å²) in [6.07, 6.45) is 4.93. The maximum atomic E-state index is 5.69. The number of hydrogen-bond acceptors (Lipinski definition) is 5. The van der Waals surface area contributed by atoms with Gasteiger partial charge in [-0.25, -0.2) is 4.98 Å². The predicted octanol–water partition coefficient (Wildman–Crippen LogP) is 1.86. The molecule has 2 heterocycles. The lowest BCUT2D eigenvalue weighted by Crippen LogP contribution is -2.10. The van der Waals surface area contributed by atoms with Gasteiger partial charge in [0.2, 0.25) is 0 Å². The van der Waals surface area contributed by atoms with Gasteiger partial charge in [-0.15, -0.1) is 0 Å². The number of hydrogen-bond donors (Lipinski definition) is 1. The van der Waals surface area contributed by atoms with Gasteiger partial charge in [-0.05, 0) is 12.1 Å². The Kier molecular flexibility index (Phi) is 3.37. The molecule has 1 unspecified atom stereocenters. The molecule has 2 aromatic rings. The molecule has 1 atom stereocenters. The molecule has 0 aliphatic carbocycles. The fourth-order valence-electron chi connectivity index (χ4n) is 1.19. The summed E-state index contributed by atoms with van der Waals surface area (Å²) in [6, 6.07) is 5.78. The summed E-state index contributed by atoms with van der Waals surface area (Å²) in [5.41, 5.74) is 6.64. The first-order valence-electron chi connectivity index (χ1n) is 4.57. The summed E-state index contributed by atoms with van der Waals surface area (Å²) in [5, 5.41) is 0.709. The molecule has 0 fully saturated rings. The molecule has 0 saturated heterocycles. The van der Waals surface area contributed by atoms with Crippen LogP contribution in [0.3, 0.4) is 0 Å². The van der Waals surface area contributed by atoms with Gasteiger partial charge >= 0.3 is 0 Å². The first-order chi connectivity index (χ1) is 7.40. The number of oxazole rings is 1. The lowest BCUT2D eigenvalue weighted by Gasteiger charge is -2.10. The number of pyridine rings is 1. The van der Waals surface area contributed by atoms with Crippen LogP contribution in [0.5, 0.6) is 0 Å². The van der Waals surface area contributed by atoms with Gasteiger partial charge in [-0.2, -0.15) is 0 Å². The molecular formula is C10H11N3OS. The number of nitrogens with zero attached hydrogens (tertiary/aromatic N) is 2. The van der Waals surface area contributed by atoms with Gasteiger partial charge in [0, 0.05) is 12.7 Å².